The molecule has 0 bridgehead atoms. The van der Waals surface area contributed by atoms with Crippen molar-refractivity contribution in [3.63, 3.8) is 0 Å². The first kappa shape index (κ1) is 14.5. The summed E-state index contributed by atoms with van der Waals surface area (Å²) in [6.45, 7) is 9.77. The maximum atomic E-state index is 11.9. The lowest BCUT2D eigenvalue weighted by Gasteiger charge is -2.30. The summed E-state index contributed by atoms with van der Waals surface area (Å²) in [6, 6.07) is 0.990. The van der Waals surface area contributed by atoms with E-state index >= 15 is 0 Å². The van der Waals surface area contributed by atoms with Crippen molar-refractivity contribution in [3.05, 3.63) is 0 Å². The molecule has 17 heavy (non-hydrogen) atoms. The summed E-state index contributed by atoms with van der Waals surface area (Å²) >= 11 is 0. The van der Waals surface area contributed by atoms with Crippen molar-refractivity contribution >= 4 is 5.91 Å². The van der Waals surface area contributed by atoms with Crippen LogP contribution in [0.25, 0.3) is 0 Å². The predicted octanol–water partition coefficient (Wildman–Crippen LogP) is 0.927. The second-order valence-corrected chi connectivity index (χ2v) is 5.22. The van der Waals surface area contributed by atoms with E-state index in [-0.39, 0.29) is 5.91 Å². The van der Waals surface area contributed by atoms with Gasteiger partial charge >= 0.3 is 0 Å². The first-order valence-electron chi connectivity index (χ1n) is 6.76. The molecule has 0 saturated carbocycles. The number of amides is 1. The molecule has 1 fully saturated rings. The van der Waals surface area contributed by atoms with Crippen molar-refractivity contribution in [1.29, 1.82) is 0 Å². The van der Waals surface area contributed by atoms with Gasteiger partial charge in [0, 0.05) is 32.2 Å². The van der Waals surface area contributed by atoms with Crippen molar-refractivity contribution < 1.29 is 4.79 Å². The molecular formula is C13H27N3O. The van der Waals surface area contributed by atoms with Gasteiger partial charge in [0.25, 0.3) is 0 Å². The van der Waals surface area contributed by atoms with Crippen molar-refractivity contribution in [2.24, 2.45) is 0 Å². The fourth-order valence-electron chi connectivity index (χ4n) is 2.12. The number of nitrogens with one attached hydrogen (secondary N) is 1. The van der Waals surface area contributed by atoms with Gasteiger partial charge in [-0.1, -0.05) is 0 Å². The second-order valence-electron chi connectivity index (χ2n) is 5.22. The molecular weight excluding hydrogens is 214 g/mol. The van der Waals surface area contributed by atoms with Gasteiger partial charge in [-0.25, -0.2) is 0 Å². The molecule has 1 heterocycles. The van der Waals surface area contributed by atoms with Crippen LogP contribution in [0.3, 0.4) is 0 Å². The molecule has 1 aliphatic heterocycles. The third-order valence-corrected chi connectivity index (χ3v) is 3.59. The van der Waals surface area contributed by atoms with E-state index in [0.29, 0.717) is 18.6 Å². The smallest absolute Gasteiger partial charge is 0.236 e. The Morgan fingerprint density at radius 1 is 1.47 bits per heavy atom. The number of rotatable bonds is 6. The summed E-state index contributed by atoms with van der Waals surface area (Å²) in [5.41, 5.74) is 0. The van der Waals surface area contributed by atoms with E-state index < -0.39 is 0 Å². The van der Waals surface area contributed by atoms with Gasteiger partial charge in [-0.3, -0.25) is 9.69 Å². The van der Waals surface area contributed by atoms with Crippen molar-refractivity contribution in [3.8, 4) is 0 Å². The molecule has 1 N–H and O–H groups in total. The molecule has 100 valence electrons. The molecule has 1 atom stereocenters. The van der Waals surface area contributed by atoms with E-state index in [4.69, 9.17) is 0 Å². The SMILES string of the molecule is CCN(C)C(=O)CN(CC1CCCN1)C(C)C. The van der Waals surface area contributed by atoms with E-state index in [9.17, 15) is 4.79 Å². The predicted molar refractivity (Wildman–Crippen MR) is 71.0 cm³/mol. The first-order valence-corrected chi connectivity index (χ1v) is 6.76. The van der Waals surface area contributed by atoms with Gasteiger partial charge in [-0.15, -0.1) is 0 Å². The summed E-state index contributed by atoms with van der Waals surface area (Å²) in [5.74, 6) is 0.221. The minimum absolute atomic E-state index is 0.221. The Kier molecular flexibility index (Phi) is 5.92. The van der Waals surface area contributed by atoms with Crippen LogP contribution in [0.1, 0.15) is 33.6 Å². The van der Waals surface area contributed by atoms with E-state index in [1.807, 2.05) is 14.0 Å². The maximum Gasteiger partial charge on any atom is 0.236 e. The van der Waals surface area contributed by atoms with Gasteiger partial charge in [0.1, 0.15) is 0 Å². The lowest BCUT2D eigenvalue weighted by Crippen LogP contribution is -2.46. The minimum atomic E-state index is 0.221. The van der Waals surface area contributed by atoms with E-state index in [0.717, 1.165) is 19.6 Å². The molecule has 1 unspecified atom stereocenters. The third kappa shape index (κ3) is 4.64. The molecule has 1 aliphatic rings. The Hall–Kier alpha value is -0.610. The second kappa shape index (κ2) is 6.97. The number of carbonyl (C=O) groups is 1. The zero-order chi connectivity index (χ0) is 12.8. The Balaban J connectivity index is 2.44. The monoisotopic (exact) mass is 241 g/mol. The number of carbonyl (C=O) groups excluding carboxylic acids is 1. The van der Waals surface area contributed by atoms with Crippen LogP contribution >= 0.6 is 0 Å². The number of nitrogens with zero attached hydrogens (tertiary/aromatic N) is 2. The summed E-state index contributed by atoms with van der Waals surface area (Å²) in [6.07, 6.45) is 2.50. The highest BCUT2D eigenvalue weighted by atomic mass is 16.2. The lowest BCUT2D eigenvalue weighted by molar-refractivity contribution is -0.131. The van der Waals surface area contributed by atoms with Gasteiger partial charge in [-0.2, -0.15) is 0 Å². The summed E-state index contributed by atoms with van der Waals surface area (Å²) < 4.78 is 0. The van der Waals surface area contributed by atoms with Crippen LogP contribution < -0.4 is 5.32 Å². The van der Waals surface area contributed by atoms with Crippen LogP contribution in [0.5, 0.6) is 0 Å². The average molecular weight is 241 g/mol. The van der Waals surface area contributed by atoms with Crippen LogP contribution in [0.15, 0.2) is 0 Å². The largest absolute Gasteiger partial charge is 0.345 e. The molecule has 4 heteroatoms. The first-order chi connectivity index (χ1) is 8.04. The van der Waals surface area contributed by atoms with E-state index in [1.54, 1.807) is 4.90 Å². The molecule has 1 saturated heterocycles. The fraction of sp³-hybridized carbons (Fsp3) is 0.923. The molecule has 0 aliphatic carbocycles. The average Bonchev–Trinajstić information content (AvgIpc) is 2.79. The lowest BCUT2D eigenvalue weighted by atomic mass is 10.2. The highest BCUT2D eigenvalue weighted by Gasteiger charge is 2.22. The molecule has 0 spiro atoms. The minimum Gasteiger partial charge on any atom is -0.345 e. The molecule has 1 rings (SSSR count). The highest BCUT2D eigenvalue weighted by Crippen LogP contribution is 2.09. The Morgan fingerprint density at radius 2 is 2.18 bits per heavy atom. The summed E-state index contributed by atoms with van der Waals surface area (Å²) in [5, 5.41) is 3.49. The van der Waals surface area contributed by atoms with Gasteiger partial charge < -0.3 is 10.2 Å². The highest BCUT2D eigenvalue weighted by molar-refractivity contribution is 5.77. The van der Waals surface area contributed by atoms with Gasteiger partial charge in [0.05, 0.1) is 6.54 Å². The van der Waals surface area contributed by atoms with Crippen LogP contribution in [0.4, 0.5) is 0 Å². The maximum absolute atomic E-state index is 11.9. The quantitative estimate of drug-likeness (QED) is 0.751. The van der Waals surface area contributed by atoms with Crippen molar-refractivity contribution in [2.75, 3.05) is 33.2 Å². The molecule has 4 nitrogen and oxygen atoms in total. The zero-order valence-electron chi connectivity index (χ0n) is 11.7. The van der Waals surface area contributed by atoms with Crippen molar-refractivity contribution in [1.82, 2.24) is 15.1 Å². The molecule has 0 aromatic carbocycles. The normalized spacial score (nSPS) is 20.2. The zero-order valence-corrected chi connectivity index (χ0v) is 11.7. The number of hydrogen-bond donors (Lipinski definition) is 1. The van der Waals surface area contributed by atoms with E-state index in [2.05, 4.69) is 24.1 Å². The number of hydrogen-bond acceptors (Lipinski definition) is 3. The van der Waals surface area contributed by atoms with Gasteiger partial charge in [0.2, 0.25) is 5.91 Å². The standard InChI is InChI=1S/C13H27N3O/c1-5-15(4)13(17)10-16(11(2)3)9-12-7-6-8-14-12/h11-12,14H,5-10H2,1-4H3. The molecule has 0 radical (unpaired) electrons. The third-order valence-electron chi connectivity index (χ3n) is 3.59. The fourth-order valence-corrected chi connectivity index (χ4v) is 2.12. The summed E-state index contributed by atoms with van der Waals surface area (Å²) in [7, 11) is 1.87. The van der Waals surface area contributed by atoms with Crippen LogP contribution in [-0.2, 0) is 4.79 Å². The van der Waals surface area contributed by atoms with E-state index in [1.165, 1.54) is 12.8 Å². The summed E-state index contributed by atoms with van der Waals surface area (Å²) in [4.78, 5) is 16.0. The Labute approximate surface area is 105 Å². The topological polar surface area (TPSA) is 35.6 Å². The van der Waals surface area contributed by atoms with Crippen LogP contribution in [0, 0.1) is 0 Å². The van der Waals surface area contributed by atoms with Crippen LogP contribution in [-0.4, -0.2) is 61.0 Å². The molecule has 0 aromatic rings. The number of likely N-dealkylation sites (N-methyl/N-ethyl adjacent to an activating group) is 1. The van der Waals surface area contributed by atoms with Crippen LogP contribution in [0.2, 0.25) is 0 Å². The molecule has 1 amide bonds. The van der Waals surface area contributed by atoms with Crippen molar-refractivity contribution in [2.45, 2.75) is 45.7 Å². The Morgan fingerprint density at radius 3 is 2.65 bits per heavy atom. The Bertz CT molecular complexity index is 237. The van der Waals surface area contributed by atoms with Gasteiger partial charge in [-0.05, 0) is 40.2 Å². The molecule has 0 aromatic heterocycles. The van der Waals surface area contributed by atoms with Gasteiger partial charge in [0.15, 0.2) is 0 Å².